The molecule has 4 nitrogen and oxygen atoms in total. The fourth-order valence-electron chi connectivity index (χ4n) is 2.13. The largest absolute Gasteiger partial charge is 0.444 e. The molecule has 2 aromatic carbocycles. The lowest BCUT2D eigenvalue weighted by molar-refractivity contribution is 0.195. The van der Waals surface area contributed by atoms with Gasteiger partial charge in [0.15, 0.2) is 5.82 Å². The fourth-order valence-corrected chi connectivity index (χ4v) is 2.13. The summed E-state index contributed by atoms with van der Waals surface area (Å²) in [6.07, 6.45) is 0.216. The third-order valence-corrected chi connectivity index (χ3v) is 3.31. The number of benzene rings is 2. The molecule has 3 aromatic rings. The number of aromatic nitrogens is 2. The number of hydrogen-bond donors (Lipinski definition) is 0. The Balaban J connectivity index is 1.79. The average molecular weight is 282 g/mol. The molecule has 21 heavy (non-hydrogen) atoms. The highest BCUT2D eigenvalue weighted by atomic mass is 16.6. The van der Waals surface area contributed by atoms with Gasteiger partial charge in [0.1, 0.15) is 6.61 Å². The molecule has 0 bridgehead atoms. The summed E-state index contributed by atoms with van der Waals surface area (Å²) in [6.45, 7) is 6.51. The second kappa shape index (κ2) is 5.20. The molecule has 0 fully saturated rings. The van der Waals surface area contributed by atoms with Crippen LogP contribution in [0, 0.1) is 0 Å². The van der Waals surface area contributed by atoms with Crippen molar-refractivity contribution in [3.63, 3.8) is 0 Å². The Morgan fingerprint density at radius 1 is 1.05 bits per heavy atom. The number of hydrogen-bond acceptors (Lipinski definition) is 4. The molecular weight excluding hydrogens is 264 g/mol. The lowest BCUT2D eigenvalue weighted by atomic mass is 9.96. The minimum atomic E-state index is -0.148. The number of fused-ring (bicyclic) bond motifs is 1. The Hall–Kier alpha value is -2.36. The Kier molecular flexibility index (Phi) is 3.37. The van der Waals surface area contributed by atoms with E-state index >= 15 is 0 Å². The third-order valence-electron chi connectivity index (χ3n) is 3.31. The first-order valence-corrected chi connectivity index (χ1v) is 6.98. The second-order valence-electron chi connectivity index (χ2n) is 6.06. The first-order valence-electron chi connectivity index (χ1n) is 6.98. The van der Waals surface area contributed by atoms with Crippen molar-refractivity contribution in [2.75, 3.05) is 0 Å². The molecule has 0 N–H and O–H groups in total. The Bertz CT molecular complexity index is 751. The Morgan fingerprint density at radius 2 is 1.81 bits per heavy atom. The van der Waals surface area contributed by atoms with E-state index in [1.165, 1.54) is 10.8 Å². The summed E-state index contributed by atoms with van der Waals surface area (Å²) in [7, 11) is 0. The van der Waals surface area contributed by atoms with Crippen LogP contribution in [-0.4, -0.2) is 10.1 Å². The predicted molar refractivity (Wildman–Crippen MR) is 81.3 cm³/mol. The van der Waals surface area contributed by atoms with Crippen LogP contribution in [0.5, 0.6) is 6.08 Å². The van der Waals surface area contributed by atoms with E-state index in [4.69, 9.17) is 9.26 Å². The van der Waals surface area contributed by atoms with Crippen molar-refractivity contribution >= 4 is 10.8 Å². The number of nitrogens with zero attached hydrogens (tertiary/aromatic N) is 2. The predicted octanol–water partition coefficient (Wildman–Crippen LogP) is 4.10. The molecule has 0 aliphatic carbocycles. The van der Waals surface area contributed by atoms with Crippen molar-refractivity contribution in [1.82, 2.24) is 10.1 Å². The molecule has 4 heteroatoms. The quantitative estimate of drug-likeness (QED) is 0.725. The summed E-state index contributed by atoms with van der Waals surface area (Å²) < 4.78 is 10.8. The fraction of sp³-hybridized carbons (Fsp3) is 0.294. The molecule has 0 aliphatic heterocycles. The van der Waals surface area contributed by atoms with Crippen molar-refractivity contribution < 1.29 is 9.26 Å². The highest BCUT2D eigenvalue weighted by Crippen LogP contribution is 2.23. The normalized spacial score (nSPS) is 11.8. The monoisotopic (exact) mass is 282 g/mol. The molecular formula is C17H18N2O2. The molecule has 0 atom stereocenters. The maximum absolute atomic E-state index is 5.64. The standard InChI is InChI=1S/C17H18N2O2/c1-17(2,3)15-18-16(21-19-15)20-11-13-9-6-8-12-7-4-5-10-14(12)13/h4-10H,11H2,1-3H3. The summed E-state index contributed by atoms with van der Waals surface area (Å²) in [4.78, 5) is 4.28. The van der Waals surface area contributed by atoms with Crippen LogP contribution >= 0.6 is 0 Å². The second-order valence-corrected chi connectivity index (χ2v) is 6.06. The summed E-state index contributed by atoms with van der Waals surface area (Å²) in [6, 6.07) is 14.4. The van der Waals surface area contributed by atoms with E-state index in [9.17, 15) is 0 Å². The lowest BCUT2D eigenvalue weighted by Gasteiger charge is -2.10. The zero-order valence-electron chi connectivity index (χ0n) is 12.5. The van der Waals surface area contributed by atoms with Gasteiger partial charge >= 0.3 is 6.08 Å². The van der Waals surface area contributed by atoms with Gasteiger partial charge in [0.2, 0.25) is 0 Å². The zero-order chi connectivity index (χ0) is 14.9. The SMILES string of the molecule is CC(C)(C)c1noc(OCc2cccc3ccccc23)n1. The van der Waals surface area contributed by atoms with Crippen LogP contribution in [0.15, 0.2) is 47.0 Å². The van der Waals surface area contributed by atoms with Crippen molar-refractivity contribution in [3.05, 3.63) is 53.9 Å². The Morgan fingerprint density at radius 3 is 2.57 bits per heavy atom. The van der Waals surface area contributed by atoms with E-state index in [1.54, 1.807) is 0 Å². The van der Waals surface area contributed by atoms with Crippen LogP contribution in [0.1, 0.15) is 32.2 Å². The minimum Gasteiger partial charge on any atom is -0.444 e. The van der Waals surface area contributed by atoms with Gasteiger partial charge in [-0.1, -0.05) is 68.4 Å². The highest BCUT2D eigenvalue weighted by molar-refractivity contribution is 5.85. The van der Waals surface area contributed by atoms with Crippen LogP contribution in [0.4, 0.5) is 0 Å². The number of rotatable bonds is 3. The van der Waals surface area contributed by atoms with Crippen molar-refractivity contribution in [2.24, 2.45) is 0 Å². The van der Waals surface area contributed by atoms with E-state index in [0.29, 0.717) is 12.4 Å². The maximum Gasteiger partial charge on any atom is 0.417 e. The van der Waals surface area contributed by atoms with Crippen LogP contribution < -0.4 is 4.74 Å². The van der Waals surface area contributed by atoms with E-state index in [0.717, 1.165) is 5.56 Å². The molecule has 0 saturated carbocycles. The van der Waals surface area contributed by atoms with Gasteiger partial charge in [-0.05, 0) is 16.3 Å². The minimum absolute atomic E-state index is 0.148. The smallest absolute Gasteiger partial charge is 0.417 e. The third kappa shape index (κ3) is 2.89. The Labute approximate surface area is 123 Å². The first-order chi connectivity index (χ1) is 10.0. The molecule has 0 radical (unpaired) electrons. The van der Waals surface area contributed by atoms with Gasteiger partial charge in [-0.2, -0.15) is 4.98 Å². The summed E-state index contributed by atoms with van der Waals surface area (Å²) in [5.74, 6) is 0.649. The van der Waals surface area contributed by atoms with Gasteiger partial charge in [0.25, 0.3) is 0 Å². The van der Waals surface area contributed by atoms with E-state index in [2.05, 4.69) is 28.3 Å². The van der Waals surface area contributed by atoms with E-state index in [-0.39, 0.29) is 11.5 Å². The van der Waals surface area contributed by atoms with E-state index < -0.39 is 0 Å². The van der Waals surface area contributed by atoms with Gasteiger partial charge in [-0.15, -0.1) is 0 Å². The van der Waals surface area contributed by atoms with Crippen molar-refractivity contribution in [3.8, 4) is 6.08 Å². The van der Waals surface area contributed by atoms with Crippen molar-refractivity contribution in [2.45, 2.75) is 32.8 Å². The van der Waals surface area contributed by atoms with Gasteiger partial charge in [0, 0.05) is 5.41 Å². The molecule has 3 rings (SSSR count). The summed E-state index contributed by atoms with van der Waals surface area (Å²) >= 11 is 0. The lowest BCUT2D eigenvalue weighted by Crippen LogP contribution is -2.13. The van der Waals surface area contributed by atoms with Gasteiger partial charge in [-0.25, -0.2) is 0 Å². The van der Waals surface area contributed by atoms with Crippen LogP contribution in [0.2, 0.25) is 0 Å². The molecule has 0 aliphatic rings. The molecule has 1 heterocycles. The highest BCUT2D eigenvalue weighted by Gasteiger charge is 2.21. The summed E-state index contributed by atoms with van der Waals surface area (Å²) in [5, 5.41) is 6.32. The van der Waals surface area contributed by atoms with Crippen LogP contribution in [0.3, 0.4) is 0 Å². The first kappa shape index (κ1) is 13.6. The van der Waals surface area contributed by atoms with Gasteiger partial charge in [0.05, 0.1) is 0 Å². The summed E-state index contributed by atoms with van der Waals surface area (Å²) in [5.41, 5.74) is 0.952. The zero-order valence-corrected chi connectivity index (χ0v) is 12.5. The number of ether oxygens (including phenoxy) is 1. The molecule has 0 saturated heterocycles. The van der Waals surface area contributed by atoms with Crippen LogP contribution in [0.25, 0.3) is 10.8 Å². The molecule has 0 amide bonds. The van der Waals surface area contributed by atoms with E-state index in [1.807, 2.05) is 45.0 Å². The van der Waals surface area contributed by atoms with Crippen LogP contribution in [-0.2, 0) is 12.0 Å². The average Bonchev–Trinajstić information content (AvgIpc) is 2.94. The molecule has 0 spiro atoms. The molecule has 108 valence electrons. The van der Waals surface area contributed by atoms with Gasteiger partial charge in [-0.3, -0.25) is 4.52 Å². The van der Waals surface area contributed by atoms with Crippen molar-refractivity contribution in [1.29, 1.82) is 0 Å². The maximum atomic E-state index is 5.64. The topological polar surface area (TPSA) is 48.2 Å². The molecule has 0 unspecified atom stereocenters. The van der Waals surface area contributed by atoms with Gasteiger partial charge < -0.3 is 4.74 Å². The molecule has 1 aromatic heterocycles.